The number of fused-ring (bicyclic) bond motifs is 1. The summed E-state index contributed by atoms with van der Waals surface area (Å²) in [6.45, 7) is 3.95. The highest BCUT2D eigenvalue weighted by molar-refractivity contribution is 8.00. The third kappa shape index (κ3) is 4.21. The fourth-order valence-electron chi connectivity index (χ4n) is 4.02. The number of furan rings is 1. The maximum Gasteiger partial charge on any atom is 0.236 e. The number of carbonyl (C=O) groups excluding carboxylic acids is 1. The lowest BCUT2D eigenvalue weighted by Gasteiger charge is -2.30. The van der Waals surface area contributed by atoms with Gasteiger partial charge in [-0.05, 0) is 42.2 Å². The van der Waals surface area contributed by atoms with Gasteiger partial charge >= 0.3 is 0 Å². The Bertz CT molecular complexity index is 1200. The van der Waals surface area contributed by atoms with Gasteiger partial charge < -0.3 is 9.32 Å². The van der Waals surface area contributed by atoms with E-state index in [9.17, 15) is 4.79 Å². The normalized spacial score (nSPS) is 14.2. The zero-order chi connectivity index (χ0) is 21.9. The van der Waals surface area contributed by atoms with Gasteiger partial charge in [0.05, 0.1) is 18.1 Å². The largest absolute Gasteiger partial charge is 0.461 e. The summed E-state index contributed by atoms with van der Waals surface area (Å²) in [5, 5.41) is 9.23. The molecule has 0 N–H and O–H groups in total. The van der Waals surface area contributed by atoms with Crippen molar-refractivity contribution in [2.45, 2.75) is 36.8 Å². The van der Waals surface area contributed by atoms with Gasteiger partial charge in [0.15, 0.2) is 10.9 Å². The molecule has 1 aliphatic rings. The molecule has 0 saturated heterocycles. The van der Waals surface area contributed by atoms with E-state index in [0.29, 0.717) is 29.8 Å². The molecule has 2 aromatic heterocycles. The minimum absolute atomic E-state index is 0.123. The van der Waals surface area contributed by atoms with E-state index in [2.05, 4.69) is 40.5 Å². The average molecular weight is 445 g/mol. The first-order valence-electron chi connectivity index (χ1n) is 10.7. The van der Waals surface area contributed by atoms with Crippen LogP contribution in [0.4, 0.5) is 0 Å². The highest BCUT2D eigenvalue weighted by Crippen LogP contribution is 2.30. The summed E-state index contributed by atoms with van der Waals surface area (Å²) in [7, 11) is 0. The molecular formula is C25H24N4O2S. The molecule has 1 aliphatic heterocycles. The maximum absolute atomic E-state index is 13.2. The Morgan fingerprint density at radius 3 is 2.59 bits per heavy atom. The van der Waals surface area contributed by atoms with Gasteiger partial charge in [0.25, 0.3) is 0 Å². The molecule has 0 radical (unpaired) electrons. The van der Waals surface area contributed by atoms with E-state index >= 15 is 0 Å². The molecule has 32 heavy (non-hydrogen) atoms. The number of hydrogen-bond donors (Lipinski definition) is 0. The number of aromatic nitrogens is 3. The van der Waals surface area contributed by atoms with Gasteiger partial charge in [-0.2, -0.15) is 0 Å². The Labute approximate surface area is 191 Å². The van der Waals surface area contributed by atoms with Crippen LogP contribution in [-0.2, 0) is 24.3 Å². The van der Waals surface area contributed by atoms with Crippen LogP contribution in [-0.4, -0.2) is 37.4 Å². The van der Waals surface area contributed by atoms with Crippen molar-refractivity contribution in [2.75, 3.05) is 6.54 Å². The first kappa shape index (κ1) is 20.6. The van der Waals surface area contributed by atoms with Crippen LogP contribution in [0.3, 0.4) is 0 Å². The molecule has 7 heteroatoms. The second-order valence-corrected chi connectivity index (χ2v) is 9.20. The Morgan fingerprint density at radius 2 is 1.81 bits per heavy atom. The van der Waals surface area contributed by atoms with Gasteiger partial charge in [-0.3, -0.25) is 9.36 Å². The molecule has 2 aromatic carbocycles. The zero-order valence-corrected chi connectivity index (χ0v) is 18.7. The summed E-state index contributed by atoms with van der Waals surface area (Å²) < 4.78 is 7.61. The number of amides is 1. The molecule has 4 aromatic rings. The molecule has 0 aliphatic carbocycles. The second kappa shape index (κ2) is 9.04. The van der Waals surface area contributed by atoms with Gasteiger partial charge in [0.2, 0.25) is 11.7 Å². The van der Waals surface area contributed by atoms with E-state index in [1.54, 1.807) is 6.26 Å². The molecule has 0 spiro atoms. The van der Waals surface area contributed by atoms with E-state index in [4.69, 9.17) is 4.42 Å². The summed E-state index contributed by atoms with van der Waals surface area (Å²) in [6.07, 6.45) is 2.52. The Hall–Kier alpha value is -3.32. The maximum atomic E-state index is 13.2. The molecule has 0 saturated carbocycles. The van der Waals surface area contributed by atoms with Gasteiger partial charge in [0, 0.05) is 13.1 Å². The van der Waals surface area contributed by atoms with Crippen LogP contribution in [0.5, 0.6) is 0 Å². The summed E-state index contributed by atoms with van der Waals surface area (Å²) in [5.41, 5.74) is 3.70. The van der Waals surface area contributed by atoms with Crippen molar-refractivity contribution < 1.29 is 9.21 Å². The quantitative estimate of drug-likeness (QED) is 0.405. The van der Waals surface area contributed by atoms with Crippen LogP contribution in [0, 0.1) is 0 Å². The highest BCUT2D eigenvalue weighted by atomic mass is 32.2. The van der Waals surface area contributed by atoms with Gasteiger partial charge in [-0.25, -0.2) is 0 Å². The molecule has 0 bridgehead atoms. The monoisotopic (exact) mass is 444 g/mol. The first-order valence-corrected chi connectivity index (χ1v) is 11.6. The van der Waals surface area contributed by atoms with Crippen molar-refractivity contribution in [3.8, 4) is 11.6 Å². The van der Waals surface area contributed by atoms with E-state index in [0.717, 1.165) is 18.5 Å². The van der Waals surface area contributed by atoms with Gasteiger partial charge in [-0.1, -0.05) is 66.4 Å². The lowest BCUT2D eigenvalue weighted by Crippen LogP contribution is -2.40. The van der Waals surface area contributed by atoms with Crippen LogP contribution in [0.25, 0.3) is 11.6 Å². The number of nitrogens with zero attached hydrogens (tertiary/aromatic N) is 4. The van der Waals surface area contributed by atoms with Crippen molar-refractivity contribution in [3.05, 3.63) is 89.7 Å². The van der Waals surface area contributed by atoms with Crippen molar-refractivity contribution in [3.63, 3.8) is 0 Å². The average Bonchev–Trinajstić information content (AvgIpc) is 3.49. The van der Waals surface area contributed by atoms with Crippen LogP contribution in [0.2, 0.25) is 0 Å². The number of carbonyl (C=O) groups is 1. The van der Waals surface area contributed by atoms with Crippen LogP contribution >= 0.6 is 11.8 Å². The lowest BCUT2D eigenvalue weighted by molar-refractivity contribution is -0.131. The van der Waals surface area contributed by atoms with E-state index < -0.39 is 0 Å². The SMILES string of the molecule is C[C@@H](Sc1nnc(-c2ccco2)n1Cc1ccccc1)C(=O)N1CCc2ccccc2C1. The van der Waals surface area contributed by atoms with Crippen LogP contribution in [0.1, 0.15) is 23.6 Å². The second-order valence-electron chi connectivity index (χ2n) is 7.89. The topological polar surface area (TPSA) is 64.2 Å². The molecule has 3 heterocycles. The molecule has 5 rings (SSSR count). The standard InChI is InChI=1S/C25H24N4O2S/c1-18(24(30)28-14-13-20-10-5-6-11-21(20)17-28)32-25-27-26-23(22-12-7-15-31-22)29(25)16-19-8-3-2-4-9-19/h2-12,15,18H,13-14,16-17H2,1H3/t18-/m1/s1. The van der Waals surface area contributed by atoms with Crippen molar-refractivity contribution >= 4 is 17.7 Å². The summed E-state index contributed by atoms with van der Waals surface area (Å²) in [5.74, 6) is 1.44. The van der Waals surface area contributed by atoms with E-state index in [1.165, 1.54) is 22.9 Å². The number of thioether (sulfide) groups is 1. The predicted molar refractivity (Wildman–Crippen MR) is 124 cm³/mol. The lowest BCUT2D eigenvalue weighted by atomic mass is 10.00. The highest BCUT2D eigenvalue weighted by Gasteiger charge is 2.27. The molecular weight excluding hydrogens is 420 g/mol. The molecule has 0 fully saturated rings. The summed E-state index contributed by atoms with van der Waals surface area (Å²) in [6, 6.07) is 22.2. The molecule has 162 valence electrons. The van der Waals surface area contributed by atoms with Crippen LogP contribution in [0.15, 0.2) is 82.6 Å². The molecule has 1 atom stereocenters. The Morgan fingerprint density at radius 1 is 1.03 bits per heavy atom. The molecule has 1 amide bonds. The Kier molecular flexibility index (Phi) is 5.81. The minimum atomic E-state index is -0.275. The van der Waals surface area contributed by atoms with E-state index in [1.807, 2.05) is 52.8 Å². The predicted octanol–water partition coefficient (Wildman–Crippen LogP) is 4.65. The number of hydrogen-bond acceptors (Lipinski definition) is 5. The third-order valence-corrected chi connectivity index (χ3v) is 6.78. The molecule has 6 nitrogen and oxygen atoms in total. The smallest absolute Gasteiger partial charge is 0.236 e. The fraction of sp³-hybridized carbons (Fsp3) is 0.240. The molecule has 0 unspecified atom stereocenters. The van der Waals surface area contributed by atoms with Crippen molar-refractivity contribution in [1.29, 1.82) is 0 Å². The van der Waals surface area contributed by atoms with Gasteiger partial charge in [-0.15, -0.1) is 10.2 Å². The van der Waals surface area contributed by atoms with Crippen molar-refractivity contribution in [2.24, 2.45) is 0 Å². The van der Waals surface area contributed by atoms with Gasteiger partial charge in [0.1, 0.15) is 0 Å². The third-order valence-electron chi connectivity index (χ3n) is 5.71. The van der Waals surface area contributed by atoms with E-state index in [-0.39, 0.29) is 11.2 Å². The minimum Gasteiger partial charge on any atom is -0.461 e. The Balaban J connectivity index is 1.37. The number of rotatable bonds is 6. The first-order chi connectivity index (χ1) is 15.7. The van der Waals surface area contributed by atoms with Crippen molar-refractivity contribution in [1.82, 2.24) is 19.7 Å². The van der Waals surface area contributed by atoms with Crippen LogP contribution < -0.4 is 0 Å². The fourth-order valence-corrected chi connectivity index (χ4v) is 4.95. The number of benzene rings is 2. The summed E-state index contributed by atoms with van der Waals surface area (Å²) in [4.78, 5) is 15.2. The zero-order valence-electron chi connectivity index (χ0n) is 17.8. The summed E-state index contributed by atoms with van der Waals surface area (Å²) >= 11 is 1.45.